The molecule has 1 N–H and O–H groups in total. The second kappa shape index (κ2) is 10.3. The topological polar surface area (TPSA) is 102 Å². The minimum absolute atomic E-state index is 0.234. The van der Waals surface area contributed by atoms with E-state index in [9.17, 15) is 18.0 Å². The van der Waals surface area contributed by atoms with Crippen LogP contribution < -0.4 is 14.4 Å². The molecule has 31 heavy (non-hydrogen) atoms. The number of rotatable bonds is 9. The summed E-state index contributed by atoms with van der Waals surface area (Å²) in [4.78, 5) is 25.3. The predicted molar refractivity (Wildman–Crippen MR) is 120 cm³/mol. The molecule has 1 atom stereocenters. The Balaban J connectivity index is 2.38. The number of sulfonamides is 1. The van der Waals surface area contributed by atoms with Gasteiger partial charge in [-0.2, -0.15) is 0 Å². The minimum atomic E-state index is -3.77. The van der Waals surface area contributed by atoms with Gasteiger partial charge in [-0.25, -0.2) is 13.2 Å². The van der Waals surface area contributed by atoms with Crippen LogP contribution in [0.2, 0.25) is 0 Å². The summed E-state index contributed by atoms with van der Waals surface area (Å²) in [7, 11) is -2.26. The van der Waals surface area contributed by atoms with Gasteiger partial charge in [0.25, 0.3) is 0 Å². The summed E-state index contributed by atoms with van der Waals surface area (Å²) in [5.41, 5.74) is 1.64. The molecule has 8 nitrogen and oxygen atoms in total. The Hall–Kier alpha value is -3.07. The van der Waals surface area contributed by atoms with Crippen LogP contribution in [0.15, 0.2) is 42.5 Å². The Kier molecular flexibility index (Phi) is 8.04. The molecule has 1 amide bonds. The van der Waals surface area contributed by atoms with Crippen LogP contribution in [0.5, 0.6) is 5.75 Å². The summed E-state index contributed by atoms with van der Waals surface area (Å²) in [6.07, 6.45) is 1.29. The number of carbonyl (C=O) groups is 2. The summed E-state index contributed by atoms with van der Waals surface area (Å²) in [6, 6.07) is 10.3. The third-order valence-corrected chi connectivity index (χ3v) is 5.92. The fraction of sp³-hybridized carbons (Fsp3) is 0.364. The second-order valence-corrected chi connectivity index (χ2v) is 8.73. The van der Waals surface area contributed by atoms with Crippen molar-refractivity contribution in [3.8, 4) is 5.75 Å². The van der Waals surface area contributed by atoms with Gasteiger partial charge in [-0.15, -0.1) is 0 Å². The maximum Gasteiger partial charge on any atom is 0.338 e. The second-order valence-electron chi connectivity index (χ2n) is 6.87. The molecule has 2 aromatic rings. The van der Waals surface area contributed by atoms with E-state index in [0.29, 0.717) is 28.3 Å². The quantitative estimate of drug-likeness (QED) is 0.590. The van der Waals surface area contributed by atoms with E-state index in [1.54, 1.807) is 63.2 Å². The minimum Gasteiger partial charge on any atom is -0.497 e. The zero-order chi connectivity index (χ0) is 23.2. The van der Waals surface area contributed by atoms with Crippen LogP contribution in [0, 0.1) is 6.92 Å². The van der Waals surface area contributed by atoms with E-state index in [2.05, 4.69) is 5.32 Å². The Labute approximate surface area is 183 Å². The van der Waals surface area contributed by atoms with Crippen LogP contribution in [0.1, 0.15) is 36.2 Å². The normalized spacial score (nSPS) is 12.0. The molecule has 0 saturated carbocycles. The molecule has 168 valence electrons. The highest BCUT2D eigenvalue weighted by atomic mass is 32.2. The summed E-state index contributed by atoms with van der Waals surface area (Å²) >= 11 is 0. The van der Waals surface area contributed by atoms with E-state index in [0.717, 1.165) is 10.6 Å². The first-order chi connectivity index (χ1) is 14.6. The molecule has 0 radical (unpaired) electrons. The lowest BCUT2D eigenvalue weighted by molar-refractivity contribution is -0.117. The molecule has 0 aromatic heterocycles. The van der Waals surface area contributed by atoms with Gasteiger partial charge >= 0.3 is 5.97 Å². The average Bonchev–Trinajstić information content (AvgIpc) is 2.72. The highest BCUT2D eigenvalue weighted by Crippen LogP contribution is 2.26. The molecular formula is C22H28N2O6S. The van der Waals surface area contributed by atoms with E-state index in [1.807, 2.05) is 0 Å². The number of methoxy groups -OCH3 is 1. The highest BCUT2D eigenvalue weighted by Gasteiger charge is 2.32. The zero-order valence-electron chi connectivity index (χ0n) is 18.3. The lowest BCUT2D eigenvalue weighted by Crippen LogP contribution is -2.47. The number of anilines is 2. The molecule has 0 bridgehead atoms. The number of nitrogens with zero attached hydrogens (tertiary/aromatic N) is 1. The number of ether oxygens (including phenoxy) is 2. The third-order valence-electron chi connectivity index (χ3n) is 4.74. The van der Waals surface area contributed by atoms with Crippen molar-refractivity contribution in [1.82, 2.24) is 0 Å². The van der Waals surface area contributed by atoms with E-state index in [-0.39, 0.29) is 13.0 Å². The molecule has 0 fully saturated rings. The fourth-order valence-electron chi connectivity index (χ4n) is 3.21. The number of hydrogen-bond acceptors (Lipinski definition) is 6. The molecule has 2 rings (SSSR count). The average molecular weight is 449 g/mol. The van der Waals surface area contributed by atoms with Crippen LogP contribution in [-0.2, 0) is 19.6 Å². The smallest absolute Gasteiger partial charge is 0.338 e. The van der Waals surface area contributed by atoms with Crippen molar-refractivity contribution in [2.24, 2.45) is 0 Å². The van der Waals surface area contributed by atoms with Gasteiger partial charge in [-0.05, 0) is 62.2 Å². The van der Waals surface area contributed by atoms with Crippen LogP contribution >= 0.6 is 0 Å². The molecule has 0 aliphatic carbocycles. The van der Waals surface area contributed by atoms with E-state index < -0.39 is 27.9 Å². The number of hydrogen-bond donors (Lipinski definition) is 1. The van der Waals surface area contributed by atoms with Gasteiger partial charge in [-0.3, -0.25) is 9.10 Å². The number of esters is 1. The number of carbonyl (C=O) groups excluding carboxylic acids is 2. The van der Waals surface area contributed by atoms with E-state index >= 15 is 0 Å². The first kappa shape index (κ1) is 24.2. The summed E-state index contributed by atoms with van der Waals surface area (Å²) < 4.78 is 36.4. The van der Waals surface area contributed by atoms with Crippen molar-refractivity contribution in [2.45, 2.75) is 33.2 Å². The van der Waals surface area contributed by atoms with Gasteiger partial charge in [0.15, 0.2) is 0 Å². The van der Waals surface area contributed by atoms with Crippen molar-refractivity contribution < 1.29 is 27.5 Å². The molecule has 0 unspecified atom stereocenters. The fourth-order valence-corrected chi connectivity index (χ4v) is 4.42. The van der Waals surface area contributed by atoms with Crippen molar-refractivity contribution in [1.29, 1.82) is 0 Å². The summed E-state index contributed by atoms with van der Waals surface area (Å²) in [5.74, 6) is -0.423. The maximum absolute atomic E-state index is 13.1. The largest absolute Gasteiger partial charge is 0.497 e. The van der Waals surface area contributed by atoms with Gasteiger partial charge < -0.3 is 14.8 Å². The van der Waals surface area contributed by atoms with Crippen molar-refractivity contribution in [3.63, 3.8) is 0 Å². The van der Waals surface area contributed by atoms with Crippen molar-refractivity contribution in [2.75, 3.05) is 29.6 Å². The van der Waals surface area contributed by atoms with Gasteiger partial charge in [0.1, 0.15) is 11.8 Å². The van der Waals surface area contributed by atoms with Crippen molar-refractivity contribution in [3.05, 3.63) is 53.6 Å². The van der Waals surface area contributed by atoms with Gasteiger partial charge in [0, 0.05) is 5.69 Å². The predicted octanol–water partition coefficient (Wildman–Crippen LogP) is 3.36. The van der Waals surface area contributed by atoms with Gasteiger partial charge in [-0.1, -0.05) is 13.0 Å². The lowest BCUT2D eigenvalue weighted by atomic mass is 10.1. The maximum atomic E-state index is 13.1. The molecule has 0 saturated heterocycles. The highest BCUT2D eigenvalue weighted by molar-refractivity contribution is 7.92. The molecule has 0 aliphatic heterocycles. The van der Waals surface area contributed by atoms with E-state index in [4.69, 9.17) is 9.47 Å². The molecule has 0 aliphatic rings. The standard InChI is InChI=1S/C22H28N2O6S/c1-6-20(24(31(5,27)28)16-11-13-17(29-4)14-12-16)21(25)23-19-10-8-9-18(15(19)3)22(26)30-7-2/h8-14,20H,6-7H2,1-5H3,(H,23,25)/t20-/m0/s1. The lowest BCUT2D eigenvalue weighted by Gasteiger charge is -2.30. The third kappa shape index (κ3) is 5.75. The molecule has 0 spiro atoms. The Bertz CT molecular complexity index is 1030. The number of nitrogens with one attached hydrogen (secondary N) is 1. The Morgan fingerprint density at radius 3 is 2.26 bits per heavy atom. The molecule has 9 heteroatoms. The zero-order valence-corrected chi connectivity index (χ0v) is 19.2. The van der Waals surface area contributed by atoms with Crippen LogP contribution in [0.3, 0.4) is 0 Å². The summed E-state index contributed by atoms with van der Waals surface area (Å²) in [6.45, 7) is 5.37. The van der Waals surface area contributed by atoms with Crippen LogP contribution in [-0.4, -0.2) is 46.3 Å². The Morgan fingerprint density at radius 1 is 1.10 bits per heavy atom. The first-order valence-electron chi connectivity index (χ1n) is 9.85. The molecule has 0 heterocycles. The summed E-state index contributed by atoms with van der Waals surface area (Å²) in [5, 5.41) is 2.77. The molecule has 2 aromatic carbocycles. The van der Waals surface area contributed by atoms with Gasteiger partial charge in [0.05, 0.1) is 31.2 Å². The Morgan fingerprint density at radius 2 is 1.74 bits per heavy atom. The van der Waals surface area contributed by atoms with Gasteiger partial charge in [0.2, 0.25) is 15.9 Å². The van der Waals surface area contributed by atoms with Crippen LogP contribution in [0.25, 0.3) is 0 Å². The SMILES string of the molecule is CCOC(=O)c1cccc(NC(=O)[C@H](CC)N(c2ccc(OC)cc2)S(C)(=O)=O)c1C. The van der Waals surface area contributed by atoms with E-state index in [1.165, 1.54) is 7.11 Å². The molecular weight excluding hydrogens is 420 g/mol. The van der Waals surface area contributed by atoms with Crippen molar-refractivity contribution >= 4 is 33.3 Å². The first-order valence-corrected chi connectivity index (χ1v) is 11.7. The van der Waals surface area contributed by atoms with Crippen LogP contribution in [0.4, 0.5) is 11.4 Å². The monoisotopic (exact) mass is 448 g/mol. The number of benzene rings is 2. The number of amides is 1.